The number of phenolic OH excluding ortho intramolecular Hbond substituents is 1. The van der Waals surface area contributed by atoms with E-state index in [1.165, 1.54) is 12.1 Å². The van der Waals surface area contributed by atoms with Crippen LogP contribution in [0.15, 0.2) is 97.2 Å². The number of phenols is 1. The fourth-order valence-corrected chi connectivity index (χ4v) is 4.66. The Labute approximate surface area is 217 Å². The van der Waals surface area contributed by atoms with E-state index in [9.17, 15) is 18.3 Å². The lowest BCUT2D eigenvalue weighted by Gasteiger charge is -2.17. The van der Waals surface area contributed by atoms with E-state index in [2.05, 4.69) is 10.3 Å². The second-order valence-corrected chi connectivity index (χ2v) is 9.16. The molecule has 5 rings (SSSR count). The summed E-state index contributed by atoms with van der Waals surface area (Å²) in [5.41, 5.74) is 3.86. The number of para-hydroxylation sites is 1. The number of alkyl halides is 3. The van der Waals surface area contributed by atoms with Crippen molar-refractivity contribution in [1.82, 2.24) is 4.98 Å². The first-order chi connectivity index (χ1) is 17.8. The summed E-state index contributed by atoms with van der Waals surface area (Å²) in [7, 11) is 0. The molecule has 0 fully saturated rings. The van der Waals surface area contributed by atoms with Crippen LogP contribution in [0.25, 0.3) is 22.0 Å². The standard InChI is InChI=1S/C30H22ClF3N2O/c31-23-12-13-27(37)21(15-23)17-35-24-9-4-8-20(16-24)28-22(14-19-6-2-1-3-7-19)18-36-29-25(28)10-5-11-26(29)30(32,33)34/h1-13,15-16,18,35,37H,14,17H2. The van der Waals surface area contributed by atoms with E-state index >= 15 is 0 Å². The van der Waals surface area contributed by atoms with E-state index in [-0.39, 0.29) is 11.3 Å². The van der Waals surface area contributed by atoms with Crippen LogP contribution in [0, 0.1) is 0 Å². The van der Waals surface area contributed by atoms with E-state index in [0.29, 0.717) is 34.5 Å². The van der Waals surface area contributed by atoms with E-state index in [1.807, 2.05) is 54.6 Å². The molecule has 37 heavy (non-hydrogen) atoms. The van der Waals surface area contributed by atoms with Crippen molar-refractivity contribution in [2.75, 3.05) is 5.32 Å². The highest BCUT2D eigenvalue weighted by atomic mass is 35.5. The monoisotopic (exact) mass is 518 g/mol. The number of rotatable bonds is 6. The van der Waals surface area contributed by atoms with Gasteiger partial charge in [0.1, 0.15) is 5.75 Å². The van der Waals surface area contributed by atoms with Gasteiger partial charge in [-0.1, -0.05) is 66.2 Å². The quantitative estimate of drug-likeness (QED) is 0.237. The van der Waals surface area contributed by atoms with Gasteiger partial charge in [-0.2, -0.15) is 13.2 Å². The molecule has 0 spiro atoms. The summed E-state index contributed by atoms with van der Waals surface area (Å²) >= 11 is 6.06. The zero-order chi connectivity index (χ0) is 26.0. The van der Waals surface area contributed by atoms with Gasteiger partial charge in [-0.25, -0.2) is 0 Å². The maximum atomic E-state index is 13.8. The van der Waals surface area contributed by atoms with Crippen LogP contribution in [0.2, 0.25) is 5.02 Å². The minimum atomic E-state index is -4.52. The van der Waals surface area contributed by atoms with Crippen LogP contribution in [0.1, 0.15) is 22.3 Å². The highest BCUT2D eigenvalue weighted by Gasteiger charge is 2.33. The first-order valence-corrected chi connectivity index (χ1v) is 12.0. The van der Waals surface area contributed by atoms with Crippen LogP contribution < -0.4 is 5.32 Å². The molecule has 0 aliphatic carbocycles. The molecular weight excluding hydrogens is 497 g/mol. The molecule has 1 heterocycles. The third-order valence-corrected chi connectivity index (χ3v) is 6.43. The van der Waals surface area contributed by atoms with Gasteiger partial charge >= 0.3 is 6.18 Å². The molecule has 0 radical (unpaired) electrons. The second kappa shape index (κ2) is 10.1. The summed E-state index contributed by atoms with van der Waals surface area (Å²) in [4.78, 5) is 4.27. The summed E-state index contributed by atoms with van der Waals surface area (Å²) < 4.78 is 41.4. The van der Waals surface area contributed by atoms with Gasteiger partial charge in [0.2, 0.25) is 0 Å². The van der Waals surface area contributed by atoms with Gasteiger partial charge in [0, 0.05) is 34.4 Å². The van der Waals surface area contributed by atoms with Crippen molar-refractivity contribution < 1.29 is 18.3 Å². The molecule has 0 atom stereocenters. The summed E-state index contributed by atoms with van der Waals surface area (Å²) in [5.74, 6) is 0.123. The SMILES string of the molecule is Oc1ccc(Cl)cc1CNc1cccc(-c2c(Cc3ccccc3)cnc3c(C(F)(F)F)cccc23)c1. The van der Waals surface area contributed by atoms with Crippen molar-refractivity contribution in [3.63, 3.8) is 0 Å². The number of aromatic nitrogens is 1. The Balaban J connectivity index is 1.60. The Bertz CT molecular complexity index is 1570. The highest BCUT2D eigenvalue weighted by Crippen LogP contribution is 2.39. The minimum absolute atomic E-state index is 0.0796. The number of anilines is 1. The zero-order valence-corrected chi connectivity index (χ0v) is 20.3. The molecule has 5 aromatic rings. The number of hydrogen-bond acceptors (Lipinski definition) is 3. The molecule has 7 heteroatoms. The molecule has 0 aliphatic rings. The molecule has 0 bridgehead atoms. The third kappa shape index (κ3) is 5.39. The van der Waals surface area contributed by atoms with Gasteiger partial charge in [-0.05, 0) is 65.1 Å². The van der Waals surface area contributed by atoms with Crippen molar-refractivity contribution >= 4 is 28.2 Å². The lowest BCUT2D eigenvalue weighted by molar-refractivity contribution is -0.136. The number of benzene rings is 4. The van der Waals surface area contributed by atoms with Crippen LogP contribution in [-0.4, -0.2) is 10.1 Å². The van der Waals surface area contributed by atoms with Crippen LogP contribution in [0.5, 0.6) is 5.75 Å². The third-order valence-electron chi connectivity index (χ3n) is 6.19. The lowest BCUT2D eigenvalue weighted by Crippen LogP contribution is -2.07. The fourth-order valence-electron chi connectivity index (χ4n) is 4.46. The summed E-state index contributed by atoms with van der Waals surface area (Å²) in [6, 6.07) is 26.2. The van der Waals surface area contributed by atoms with Crippen LogP contribution >= 0.6 is 11.6 Å². The number of halogens is 4. The Morgan fingerprint density at radius 3 is 2.41 bits per heavy atom. The van der Waals surface area contributed by atoms with Crippen molar-refractivity contribution in [2.45, 2.75) is 19.1 Å². The second-order valence-electron chi connectivity index (χ2n) is 8.73. The molecule has 3 nitrogen and oxygen atoms in total. The van der Waals surface area contributed by atoms with Crippen LogP contribution in [-0.2, 0) is 19.1 Å². The predicted octanol–water partition coefficient (Wildman–Crippen LogP) is 8.48. The highest BCUT2D eigenvalue weighted by molar-refractivity contribution is 6.30. The number of hydrogen-bond donors (Lipinski definition) is 2. The van der Waals surface area contributed by atoms with Gasteiger partial charge in [0.15, 0.2) is 0 Å². The molecular formula is C30H22ClF3N2O. The summed E-state index contributed by atoms with van der Waals surface area (Å²) in [5, 5.41) is 14.4. The average Bonchev–Trinajstić information content (AvgIpc) is 2.89. The smallest absolute Gasteiger partial charge is 0.418 e. The normalized spacial score (nSPS) is 11.6. The van der Waals surface area contributed by atoms with E-state index in [4.69, 9.17) is 11.6 Å². The van der Waals surface area contributed by atoms with Gasteiger partial charge in [-0.15, -0.1) is 0 Å². The fraction of sp³-hybridized carbons (Fsp3) is 0.100. The van der Waals surface area contributed by atoms with Crippen molar-refractivity contribution in [3.05, 3.63) is 124 Å². The molecule has 186 valence electrons. The Kier molecular flexibility index (Phi) is 6.76. The first-order valence-electron chi connectivity index (χ1n) is 11.6. The largest absolute Gasteiger partial charge is 0.508 e. The molecule has 2 N–H and O–H groups in total. The first kappa shape index (κ1) is 24.7. The number of aromatic hydroxyl groups is 1. The Morgan fingerprint density at radius 1 is 0.838 bits per heavy atom. The average molecular weight is 519 g/mol. The maximum Gasteiger partial charge on any atom is 0.418 e. The van der Waals surface area contributed by atoms with Gasteiger partial charge < -0.3 is 10.4 Å². The molecule has 0 saturated heterocycles. The summed E-state index contributed by atoms with van der Waals surface area (Å²) in [6.45, 7) is 0.321. The topological polar surface area (TPSA) is 45.1 Å². The predicted molar refractivity (Wildman–Crippen MR) is 142 cm³/mol. The minimum Gasteiger partial charge on any atom is -0.508 e. The molecule has 0 amide bonds. The number of fused-ring (bicyclic) bond motifs is 1. The van der Waals surface area contributed by atoms with Crippen molar-refractivity contribution in [1.29, 1.82) is 0 Å². The van der Waals surface area contributed by atoms with Crippen molar-refractivity contribution in [2.24, 2.45) is 0 Å². The van der Waals surface area contributed by atoms with Gasteiger partial charge in [-0.3, -0.25) is 4.98 Å². The number of pyridine rings is 1. The van der Waals surface area contributed by atoms with E-state index in [0.717, 1.165) is 28.4 Å². The summed E-state index contributed by atoms with van der Waals surface area (Å²) in [6.07, 6.45) is -2.46. The molecule has 4 aromatic carbocycles. The molecule has 0 unspecified atom stereocenters. The van der Waals surface area contributed by atoms with Crippen molar-refractivity contribution in [3.8, 4) is 16.9 Å². The molecule has 0 saturated carbocycles. The number of nitrogens with one attached hydrogen (secondary N) is 1. The maximum absolute atomic E-state index is 13.8. The van der Waals surface area contributed by atoms with E-state index in [1.54, 1.807) is 24.4 Å². The van der Waals surface area contributed by atoms with Gasteiger partial charge in [0.05, 0.1) is 11.1 Å². The number of nitrogens with zero attached hydrogens (tertiary/aromatic N) is 1. The molecule has 1 aromatic heterocycles. The lowest BCUT2D eigenvalue weighted by atomic mass is 9.91. The van der Waals surface area contributed by atoms with E-state index < -0.39 is 11.7 Å². The zero-order valence-electron chi connectivity index (χ0n) is 19.6. The van der Waals surface area contributed by atoms with Crippen LogP contribution in [0.3, 0.4) is 0 Å². The molecule has 0 aliphatic heterocycles. The van der Waals surface area contributed by atoms with Crippen LogP contribution in [0.4, 0.5) is 18.9 Å². The Morgan fingerprint density at radius 2 is 1.62 bits per heavy atom. The van der Waals surface area contributed by atoms with Gasteiger partial charge in [0.25, 0.3) is 0 Å². The Hall–Kier alpha value is -4.03.